The fourth-order valence-electron chi connectivity index (χ4n) is 3.25. The number of nitrogens with two attached hydrogens (primary N) is 1. The Bertz CT molecular complexity index is 1170. The zero-order valence-electron chi connectivity index (χ0n) is 15.8. The summed E-state index contributed by atoms with van der Waals surface area (Å²) >= 11 is 0. The van der Waals surface area contributed by atoms with E-state index in [0.717, 1.165) is 22.3 Å². The summed E-state index contributed by atoms with van der Waals surface area (Å²) in [6, 6.07) is 15.8. The van der Waals surface area contributed by atoms with Crippen LogP contribution in [0.25, 0.3) is 22.3 Å². The van der Waals surface area contributed by atoms with Gasteiger partial charge >= 0.3 is 0 Å². The molecule has 3 aromatic rings. The van der Waals surface area contributed by atoms with Crippen molar-refractivity contribution in [2.75, 3.05) is 21.0 Å². The molecular weight excluding hydrogens is 394 g/mol. The number of sulfonamides is 1. The maximum absolute atomic E-state index is 11.6. The predicted molar refractivity (Wildman–Crippen MR) is 108 cm³/mol. The third kappa shape index (κ3) is 3.59. The van der Waals surface area contributed by atoms with E-state index in [2.05, 4.69) is 0 Å². The average molecular weight is 413 g/mol. The minimum absolute atomic E-state index is 0.0506. The molecule has 4 rings (SSSR count). The molecule has 0 fully saturated rings. The Labute approximate surface area is 168 Å². The van der Waals surface area contributed by atoms with Crippen LogP contribution >= 0.6 is 0 Å². The molecule has 0 aliphatic carbocycles. The SMILES string of the molecule is COc1ccc(-c2cc3c(cc2-c2ccc(S(N)(=O)=O)cc2)OCO3)cc1OC. The van der Waals surface area contributed by atoms with Crippen LogP contribution in [0, 0.1) is 0 Å². The van der Waals surface area contributed by atoms with E-state index in [-0.39, 0.29) is 11.7 Å². The van der Waals surface area contributed by atoms with E-state index in [0.29, 0.717) is 23.0 Å². The lowest BCUT2D eigenvalue weighted by Crippen LogP contribution is -2.11. The van der Waals surface area contributed by atoms with E-state index in [1.54, 1.807) is 26.4 Å². The van der Waals surface area contributed by atoms with E-state index in [1.807, 2.05) is 30.3 Å². The fourth-order valence-corrected chi connectivity index (χ4v) is 3.76. The molecule has 0 radical (unpaired) electrons. The minimum atomic E-state index is -3.77. The van der Waals surface area contributed by atoms with Crippen molar-refractivity contribution >= 4 is 10.0 Å². The first-order chi connectivity index (χ1) is 13.9. The van der Waals surface area contributed by atoms with Gasteiger partial charge in [0.25, 0.3) is 0 Å². The van der Waals surface area contributed by atoms with Crippen LogP contribution in [0.1, 0.15) is 0 Å². The van der Waals surface area contributed by atoms with Gasteiger partial charge in [0, 0.05) is 0 Å². The summed E-state index contributed by atoms with van der Waals surface area (Å²) in [4.78, 5) is 0.0506. The van der Waals surface area contributed by atoms with Gasteiger partial charge in [0.15, 0.2) is 23.0 Å². The topological polar surface area (TPSA) is 97.1 Å². The van der Waals surface area contributed by atoms with Crippen LogP contribution in [-0.4, -0.2) is 29.4 Å². The first-order valence-corrected chi connectivity index (χ1v) is 10.2. The number of methoxy groups -OCH3 is 2. The fraction of sp³-hybridized carbons (Fsp3) is 0.143. The van der Waals surface area contributed by atoms with Crippen molar-refractivity contribution in [3.05, 3.63) is 54.6 Å². The normalized spacial score (nSPS) is 12.7. The van der Waals surface area contributed by atoms with Gasteiger partial charge in [-0.15, -0.1) is 0 Å². The molecular formula is C21H19NO6S. The molecule has 29 heavy (non-hydrogen) atoms. The highest BCUT2D eigenvalue weighted by Gasteiger charge is 2.20. The zero-order valence-corrected chi connectivity index (χ0v) is 16.7. The molecule has 0 spiro atoms. The van der Waals surface area contributed by atoms with E-state index >= 15 is 0 Å². The van der Waals surface area contributed by atoms with Crippen molar-refractivity contribution in [1.29, 1.82) is 0 Å². The minimum Gasteiger partial charge on any atom is -0.493 e. The molecule has 0 amide bonds. The highest BCUT2D eigenvalue weighted by molar-refractivity contribution is 7.89. The van der Waals surface area contributed by atoms with Crippen LogP contribution < -0.4 is 24.1 Å². The quantitative estimate of drug-likeness (QED) is 0.688. The van der Waals surface area contributed by atoms with Gasteiger partial charge in [0.1, 0.15) is 0 Å². The van der Waals surface area contributed by atoms with Crippen LogP contribution in [0.2, 0.25) is 0 Å². The van der Waals surface area contributed by atoms with E-state index < -0.39 is 10.0 Å². The van der Waals surface area contributed by atoms with Crippen molar-refractivity contribution in [2.45, 2.75) is 4.90 Å². The molecule has 3 aromatic carbocycles. The Kier molecular flexibility index (Phi) is 4.81. The summed E-state index contributed by atoms with van der Waals surface area (Å²) < 4.78 is 45.0. The van der Waals surface area contributed by atoms with Gasteiger partial charge in [-0.05, 0) is 58.7 Å². The second kappa shape index (κ2) is 7.31. The molecule has 0 atom stereocenters. The molecule has 0 unspecified atom stereocenters. The maximum Gasteiger partial charge on any atom is 0.238 e. The summed E-state index contributed by atoms with van der Waals surface area (Å²) in [6.07, 6.45) is 0. The largest absolute Gasteiger partial charge is 0.493 e. The predicted octanol–water partition coefficient (Wildman–Crippen LogP) is 3.41. The van der Waals surface area contributed by atoms with Gasteiger partial charge in [0.05, 0.1) is 19.1 Å². The smallest absolute Gasteiger partial charge is 0.238 e. The Morgan fingerprint density at radius 2 is 1.34 bits per heavy atom. The summed E-state index contributed by atoms with van der Waals surface area (Å²) in [6.45, 7) is 0.147. The van der Waals surface area contributed by atoms with Gasteiger partial charge in [-0.2, -0.15) is 0 Å². The Morgan fingerprint density at radius 1 is 0.793 bits per heavy atom. The van der Waals surface area contributed by atoms with Crippen LogP contribution in [-0.2, 0) is 10.0 Å². The Hall–Kier alpha value is -3.23. The molecule has 1 heterocycles. The molecule has 0 aromatic heterocycles. The summed E-state index contributed by atoms with van der Waals surface area (Å²) in [5.74, 6) is 2.48. The third-order valence-electron chi connectivity index (χ3n) is 4.70. The molecule has 1 aliphatic rings. The highest BCUT2D eigenvalue weighted by atomic mass is 32.2. The van der Waals surface area contributed by atoms with Crippen molar-refractivity contribution in [3.8, 4) is 45.3 Å². The number of benzene rings is 3. The van der Waals surface area contributed by atoms with Crippen molar-refractivity contribution < 1.29 is 27.4 Å². The van der Waals surface area contributed by atoms with Crippen LogP contribution in [0.15, 0.2) is 59.5 Å². The maximum atomic E-state index is 11.6. The van der Waals surface area contributed by atoms with Gasteiger partial charge in [-0.25, -0.2) is 13.6 Å². The second-order valence-electron chi connectivity index (χ2n) is 6.39. The van der Waals surface area contributed by atoms with Gasteiger partial charge < -0.3 is 18.9 Å². The standard InChI is InChI=1S/C21H19NO6S/c1-25-18-8-5-14(9-19(18)26-2)17-11-21-20(27-12-28-21)10-16(17)13-3-6-15(7-4-13)29(22,23)24/h3-11H,12H2,1-2H3,(H2,22,23,24). The van der Waals surface area contributed by atoms with Crippen molar-refractivity contribution in [2.24, 2.45) is 5.14 Å². The summed E-state index contributed by atoms with van der Waals surface area (Å²) in [7, 11) is -0.608. The van der Waals surface area contributed by atoms with E-state index in [4.69, 9.17) is 24.1 Å². The van der Waals surface area contributed by atoms with E-state index in [9.17, 15) is 8.42 Å². The molecule has 8 heteroatoms. The monoisotopic (exact) mass is 413 g/mol. The number of hydrogen-bond acceptors (Lipinski definition) is 6. The molecule has 0 saturated heterocycles. The number of rotatable bonds is 5. The second-order valence-corrected chi connectivity index (χ2v) is 7.95. The van der Waals surface area contributed by atoms with Crippen LogP contribution in [0.3, 0.4) is 0 Å². The first kappa shape index (κ1) is 19.1. The Balaban J connectivity index is 1.89. The lowest BCUT2D eigenvalue weighted by Gasteiger charge is -2.14. The number of primary sulfonamides is 1. The number of hydrogen-bond donors (Lipinski definition) is 1. The number of ether oxygens (including phenoxy) is 4. The lowest BCUT2D eigenvalue weighted by molar-refractivity contribution is 0.174. The molecule has 1 aliphatic heterocycles. The third-order valence-corrected chi connectivity index (χ3v) is 5.63. The van der Waals surface area contributed by atoms with Gasteiger partial charge in [-0.1, -0.05) is 18.2 Å². The molecule has 2 N–H and O–H groups in total. The first-order valence-electron chi connectivity index (χ1n) is 8.70. The number of fused-ring (bicyclic) bond motifs is 1. The average Bonchev–Trinajstić information content (AvgIpc) is 3.19. The van der Waals surface area contributed by atoms with Crippen LogP contribution in [0.4, 0.5) is 0 Å². The summed E-state index contributed by atoms with van der Waals surface area (Å²) in [5.41, 5.74) is 3.41. The molecule has 150 valence electrons. The molecule has 7 nitrogen and oxygen atoms in total. The van der Waals surface area contributed by atoms with Gasteiger partial charge in [0.2, 0.25) is 16.8 Å². The zero-order chi connectivity index (χ0) is 20.6. The highest BCUT2D eigenvalue weighted by Crippen LogP contribution is 2.44. The van der Waals surface area contributed by atoms with E-state index in [1.165, 1.54) is 12.1 Å². The van der Waals surface area contributed by atoms with Gasteiger partial charge in [-0.3, -0.25) is 0 Å². The molecule has 0 saturated carbocycles. The van der Waals surface area contributed by atoms with Crippen molar-refractivity contribution in [3.63, 3.8) is 0 Å². The Morgan fingerprint density at radius 3 is 1.90 bits per heavy atom. The lowest BCUT2D eigenvalue weighted by atomic mass is 9.93. The van der Waals surface area contributed by atoms with Crippen molar-refractivity contribution in [1.82, 2.24) is 0 Å². The van der Waals surface area contributed by atoms with Crippen LogP contribution in [0.5, 0.6) is 23.0 Å². The molecule has 0 bridgehead atoms. The summed E-state index contributed by atoms with van der Waals surface area (Å²) in [5, 5.41) is 5.21.